The standard InChI is InChI=1S/C23H27N3O2S/c1-5-13-26-22(28)19(14-20(27)24-18-12-7-6-9-15(18)2)29-23(26)25-21-16(3)10-8-11-17(21)4/h6-12,19H,5,13-14H2,1-4H3,(H,24,27)/t19-/m0/s1. The molecule has 0 radical (unpaired) electrons. The highest BCUT2D eigenvalue weighted by atomic mass is 32.2. The van der Waals surface area contributed by atoms with Gasteiger partial charge in [-0.15, -0.1) is 0 Å². The molecule has 0 bridgehead atoms. The van der Waals surface area contributed by atoms with E-state index in [2.05, 4.69) is 5.32 Å². The summed E-state index contributed by atoms with van der Waals surface area (Å²) in [4.78, 5) is 32.1. The van der Waals surface area contributed by atoms with Crippen molar-refractivity contribution in [3.05, 3.63) is 59.2 Å². The van der Waals surface area contributed by atoms with E-state index in [4.69, 9.17) is 4.99 Å². The fraction of sp³-hybridized carbons (Fsp3) is 0.348. The number of carbonyl (C=O) groups excluding carboxylic acids is 2. The molecule has 1 fully saturated rings. The lowest BCUT2D eigenvalue weighted by atomic mass is 10.1. The number of nitrogens with one attached hydrogen (secondary N) is 1. The van der Waals surface area contributed by atoms with Crippen molar-refractivity contribution in [2.75, 3.05) is 11.9 Å². The molecule has 2 aromatic rings. The van der Waals surface area contributed by atoms with Crippen molar-refractivity contribution < 1.29 is 9.59 Å². The van der Waals surface area contributed by atoms with Crippen LogP contribution in [0.5, 0.6) is 0 Å². The van der Waals surface area contributed by atoms with E-state index in [0.717, 1.165) is 34.5 Å². The van der Waals surface area contributed by atoms with Gasteiger partial charge in [-0.2, -0.15) is 0 Å². The van der Waals surface area contributed by atoms with Crippen LogP contribution in [0.25, 0.3) is 0 Å². The molecule has 29 heavy (non-hydrogen) atoms. The third-order valence-corrected chi connectivity index (χ3v) is 6.08. The van der Waals surface area contributed by atoms with Gasteiger partial charge in [0.15, 0.2) is 5.17 Å². The van der Waals surface area contributed by atoms with Gasteiger partial charge >= 0.3 is 0 Å². The second-order valence-electron chi connectivity index (χ2n) is 7.30. The maximum Gasteiger partial charge on any atom is 0.242 e. The van der Waals surface area contributed by atoms with Gasteiger partial charge in [0.25, 0.3) is 0 Å². The van der Waals surface area contributed by atoms with Crippen molar-refractivity contribution in [3.63, 3.8) is 0 Å². The van der Waals surface area contributed by atoms with Gasteiger partial charge in [0.05, 0.1) is 5.69 Å². The van der Waals surface area contributed by atoms with Crippen LogP contribution in [0.3, 0.4) is 0 Å². The number of amides is 2. The molecule has 1 atom stereocenters. The van der Waals surface area contributed by atoms with Crippen LogP contribution in [-0.4, -0.2) is 33.7 Å². The first-order chi connectivity index (χ1) is 13.9. The molecule has 0 spiro atoms. The monoisotopic (exact) mass is 409 g/mol. The molecule has 1 heterocycles. The second-order valence-corrected chi connectivity index (χ2v) is 8.47. The van der Waals surface area contributed by atoms with Crippen LogP contribution in [0, 0.1) is 20.8 Å². The molecule has 0 saturated carbocycles. The van der Waals surface area contributed by atoms with Gasteiger partial charge in [0.2, 0.25) is 11.8 Å². The molecule has 0 aromatic heterocycles. The summed E-state index contributed by atoms with van der Waals surface area (Å²) in [7, 11) is 0. The number of hydrogen-bond acceptors (Lipinski definition) is 4. The molecule has 1 aliphatic heterocycles. The molecule has 6 heteroatoms. The molecule has 0 aliphatic carbocycles. The molecule has 0 unspecified atom stereocenters. The number of rotatable bonds is 6. The molecule has 1 aliphatic rings. The first kappa shape index (κ1) is 21.1. The maximum atomic E-state index is 13.0. The molecule has 2 amide bonds. The summed E-state index contributed by atoms with van der Waals surface area (Å²) in [5.41, 5.74) is 4.82. The number of carbonyl (C=O) groups is 2. The average molecular weight is 410 g/mol. The van der Waals surface area contributed by atoms with Gasteiger partial charge in [-0.05, 0) is 49.9 Å². The fourth-order valence-corrected chi connectivity index (χ4v) is 4.48. The van der Waals surface area contributed by atoms with Crippen LogP contribution in [-0.2, 0) is 9.59 Å². The van der Waals surface area contributed by atoms with E-state index in [1.54, 1.807) is 4.90 Å². The van der Waals surface area contributed by atoms with Crippen molar-refractivity contribution in [2.24, 2.45) is 4.99 Å². The van der Waals surface area contributed by atoms with Gasteiger partial charge in [0.1, 0.15) is 5.25 Å². The first-order valence-electron chi connectivity index (χ1n) is 9.89. The van der Waals surface area contributed by atoms with Crippen LogP contribution >= 0.6 is 11.8 Å². The molecule has 2 aromatic carbocycles. The Labute approximate surface area is 176 Å². The largest absolute Gasteiger partial charge is 0.326 e. The fourth-order valence-electron chi connectivity index (χ4n) is 3.31. The summed E-state index contributed by atoms with van der Waals surface area (Å²) >= 11 is 1.39. The minimum Gasteiger partial charge on any atom is -0.326 e. The number of anilines is 1. The molecule has 1 saturated heterocycles. The Balaban J connectivity index is 1.79. The second kappa shape index (κ2) is 9.27. The Hall–Kier alpha value is -2.60. The Morgan fingerprint density at radius 3 is 2.38 bits per heavy atom. The van der Waals surface area contributed by atoms with Gasteiger partial charge < -0.3 is 5.32 Å². The van der Waals surface area contributed by atoms with Crippen molar-refractivity contribution in [1.82, 2.24) is 4.90 Å². The topological polar surface area (TPSA) is 61.8 Å². The quantitative estimate of drug-likeness (QED) is 0.732. The zero-order valence-electron chi connectivity index (χ0n) is 17.4. The van der Waals surface area contributed by atoms with Crippen LogP contribution in [0.15, 0.2) is 47.5 Å². The zero-order chi connectivity index (χ0) is 21.0. The Morgan fingerprint density at radius 1 is 1.07 bits per heavy atom. The minimum atomic E-state index is -0.450. The number of nitrogens with zero attached hydrogens (tertiary/aromatic N) is 2. The Bertz CT molecular complexity index is 935. The van der Waals surface area contributed by atoms with Crippen molar-refractivity contribution in [2.45, 2.75) is 45.8 Å². The maximum absolute atomic E-state index is 13.0. The number of thioether (sulfide) groups is 1. The van der Waals surface area contributed by atoms with E-state index in [9.17, 15) is 9.59 Å². The number of para-hydroxylation sites is 2. The number of benzene rings is 2. The minimum absolute atomic E-state index is 0.0400. The van der Waals surface area contributed by atoms with Gasteiger partial charge in [-0.1, -0.05) is 55.1 Å². The molecular formula is C23H27N3O2S. The number of hydrogen-bond donors (Lipinski definition) is 1. The number of aryl methyl sites for hydroxylation is 3. The summed E-state index contributed by atoms with van der Waals surface area (Å²) in [6, 6.07) is 13.7. The van der Waals surface area contributed by atoms with E-state index in [-0.39, 0.29) is 18.2 Å². The summed E-state index contributed by atoms with van der Waals surface area (Å²) in [6.45, 7) is 8.62. The third-order valence-electron chi connectivity index (χ3n) is 4.90. The summed E-state index contributed by atoms with van der Waals surface area (Å²) < 4.78 is 0. The molecule has 5 nitrogen and oxygen atoms in total. The SMILES string of the molecule is CCCN1C(=O)[C@H](CC(=O)Nc2ccccc2C)SC1=Nc1c(C)cccc1C. The molecule has 152 valence electrons. The lowest BCUT2D eigenvalue weighted by molar-refractivity contribution is -0.128. The summed E-state index contributed by atoms with van der Waals surface area (Å²) in [6.07, 6.45) is 0.962. The average Bonchev–Trinajstić information content (AvgIpc) is 2.96. The predicted octanol–water partition coefficient (Wildman–Crippen LogP) is 4.98. The highest BCUT2D eigenvalue weighted by Crippen LogP contribution is 2.34. The predicted molar refractivity (Wildman–Crippen MR) is 121 cm³/mol. The number of amidine groups is 1. The normalized spacial score (nSPS) is 17.8. The first-order valence-corrected chi connectivity index (χ1v) is 10.8. The van der Waals surface area contributed by atoms with Gasteiger partial charge in [0, 0.05) is 18.7 Å². The van der Waals surface area contributed by atoms with Crippen molar-refractivity contribution in [3.8, 4) is 0 Å². The van der Waals surface area contributed by atoms with Gasteiger partial charge in [-0.25, -0.2) is 4.99 Å². The molecule has 1 N–H and O–H groups in total. The van der Waals surface area contributed by atoms with E-state index >= 15 is 0 Å². The van der Waals surface area contributed by atoms with Crippen LogP contribution < -0.4 is 5.32 Å². The lowest BCUT2D eigenvalue weighted by Gasteiger charge is -2.16. The lowest BCUT2D eigenvalue weighted by Crippen LogP contribution is -2.34. The Kier molecular flexibility index (Phi) is 6.75. The van der Waals surface area contributed by atoms with Crippen LogP contribution in [0.2, 0.25) is 0 Å². The van der Waals surface area contributed by atoms with E-state index < -0.39 is 5.25 Å². The van der Waals surface area contributed by atoms with E-state index in [1.807, 2.05) is 70.2 Å². The molecule has 3 rings (SSSR count). The van der Waals surface area contributed by atoms with Crippen molar-refractivity contribution in [1.29, 1.82) is 0 Å². The van der Waals surface area contributed by atoms with Crippen molar-refractivity contribution >= 4 is 40.1 Å². The van der Waals surface area contributed by atoms with E-state index in [1.165, 1.54) is 11.8 Å². The third kappa shape index (κ3) is 4.88. The highest BCUT2D eigenvalue weighted by molar-refractivity contribution is 8.15. The van der Waals surface area contributed by atoms with Gasteiger partial charge in [-0.3, -0.25) is 14.5 Å². The highest BCUT2D eigenvalue weighted by Gasteiger charge is 2.38. The molecular weight excluding hydrogens is 382 g/mol. The smallest absolute Gasteiger partial charge is 0.242 e. The Morgan fingerprint density at radius 2 is 1.72 bits per heavy atom. The van der Waals surface area contributed by atoms with E-state index in [0.29, 0.717) is 11.7 Å². The van der Waals surface area contributed by atoms with Crippen LogP contribution in [0.4, 0.5) is 11.4 Å². The zero-order valence-corrected chi connectivity index (χ0v) is 18.2. The summed E-state index contributed by atoms with van der Waals surface area (Å²) in [5.74, 6) is -0.198. The van der Waals surface area contributed by atoms with Crippen LogP contribution in [0.1, 0.15) is 36.5 Å². The number of aliphatic imine (C=N–C) groups is 1. The summed E-state index contributed by atoms with van der Waals surface area (Å²) in [5, 5.41) is 3.16.